The summed E-state index contributed by atoms with van der Waals surface area (Å²) >= 11 is 0.481. The van der Waals surface area contributed by atoms with Crippen LogP contribution in [-0.4, -0.2) is 49.4 Å². The molecule has 0 aromatic heterocycles. The van der Waals surface area contributed by atoms with Gasteiger partial charge >= 0.3 is 0 Å². The Hall–Kier alpha value is -2.28. The lowest BCUT2D eigenvalue weighted by atomic mass is 10.1. The maximum atomic E-state index is 12.7. The molecule has 3 rings (SSSR count). The average Bonchev–Trinajstić information content (AvgIpc) is 2.68. The Morgan fingerprint density at radius 1 is 1.07 bits per heavy atom. The van der Waals surface area contributed by atoms with E-state index in [0.717, 1.165) is 24.5 Å². The van der Waals surface area contributed by atoms with Crippen LogP contribution < -0.4 is 9.64 Å². The molecular formula is C20H22F2N2O2S. The summed E-state index contributed by atoms with van der Waals surface area (Å²) in [6.07, 6.45) is 0. The fourth-order valence-electron chi connectivity index (χ4n) is 3.11. The number of para-hydroxylation sites is 2. The highest BCUT2D eigenvalue weighted by molar-refractivity contribution is 7.99. The molecule has 1 aliphatic heterocycles. The van der Waals surface area contributed by atoms with E-state index in [1.807, 2.05) is 31.2 Å². The number of rotatable bonds is 6. The van der Waals surface area contributed by atoms with Crippen LogP contribution in [0.4, 0.5) is 14.5 Å². The molecule has 0 spiro atoms. The minimum atomic E-state index is -2.46. The molecule has 0 radical (unpaired) electrons. The summed E-state index contributed by atoms with van der Waals surface area (Å²) < 4.78 is 30.5. The number of hydrogen-bond donors (Lipinski definition) is 0. The molecule has 0 aliphatic carbocycles. The summed E-state index contributed by atoms with van der Waals surface area (Å²) in [7, 11) is 0. The van der Waals surface area contributed by atoms with E-state index >= 15 is 0 Å². The number of thioether (sulfide) groups is 1. The van der Waals surface area contributed by atoms with E-state index in [0.29, 0.717) is 41.9 Å². The number of benzene rings is 2. The minimum absolute atomic E-state index is 0.0682. The van der Waals surface area contributed by atoms with E-state index in [-0.39, 0.29) is 5.91 Å². The second kappa shape index (κ2) is 9.08. The van der Waals surface area contributed by atoms with Gasteiger partial charge in [-0.05, 0) is 43.3 Å². The van der Waals surface area contributed by atoms with Crippen molar-refractivity contribution < 1.29 is 18.3 Å². The molecule has 144 valence electrons. The normalized spacial score (nSPS) is 14.5. The largest absolute Gasteiger partial charge is 0.492 e. The van der Waals surface area contributed by atoms with Crippen LogP contribution >= 0.6 is 11.8 Å². The number of carbonyl (C=O) groups excluding carboxylic acids is 1. The molecule has 1 aliphatic rings. The zero-order chi connectivity index (χ0) is 19.2. The van der Waals surface area contributed by atoms with Crippen LogP contribution in [-0.2, 0) is 0 Å². The van der Waals surface area contributed by atoms with Gasteiger partial charge in [0.15, 0.2) is 0 Å². The number of nitrogens with zero attached hydrogens (tertiary/aromatic N) is 2. The number of anilines is 1. The Balaban J connectivity index is 1.61. The predicted molar refractivity (Wildman–Crippen MR) is 104 cm³/mol. The SMILES string of the molecule is CCOc1ccccc1N1CCN(C(=O)c2ccc(SC(F)F)cc2)CC1. The molecule has 7 heteroatoms. The monoisotopic (exact) mass is 392 g/mol. The minimum Gasteiger partial charge on any atom is -0.492 e. The Morgan fingerprint density at radius 2 is 1.74 bits per heavy atom. The first-order valence-corrected chi connectivity index (χ1v) is 9.77. The third-order valence-electron chi connectivity index (χ3n) is 4.40. The molecule has 2 aromatic carbocycles. The lowest BCUT2D eigenvalue weighted by Gasteiger charge is -2.36. The second-order valence-electron chi connectivity index (χ2n) is 6.08. The van der Waals surface area contributed by atoms with Crippen LogP contribution in [0.15, 0.2) is 53.4 Å². The number of halogens is 2. The molecule has 1 saturated heterocycles. The molecule has 2 aromatic rings. The van der Waals surface area contributed by atoms with Gasteiger partial charge in [0.05, 0.1) is 12.3 Å². The first-order valence-electron chi connectivity index (χ1n) is 8.89. The van der Waals surface area contributed by atoms with Crippen molar-refractivity contribution in [3.63, 3.8) is 0 Å². The smallest absolute Gasteiger partial charge is 0.288 e. The van der Waals surface area contributed by atoms with Crippen molar-refractivity contribution in [2.24, 2.45) is 0 Å². The van der Waals surface area contributed by atoms with E-state index in [9.17, 15) is 13.6 Å². The summed E-state index contributed by atoms with van der Waals surface area (Å²) in [5, 5.41) is 0. The van der Waals surface area contributed by atoms with Gasteiger partial charge in [0.25, 0.3) is 11.7 Å². The van der Waals surface area contributed by atoms with Gasteiger partial charge in [-0.3, -0.25) is 4.79 Å². The highest BCUT2D eigenvalue weighted by Crippen LogP contribution is 2.29. The van der Waals surface area contributed by atoms with Crippen molar-refractivity contribution in [3.8, 4) is 5.75 Å². The highest BCUT2D eigenvalue weighted by atomic mass is 32.2. The van der Waals surface area contributed by atoms with E-state index in [4.69, 9.17) is 4.74 Å². The van der Waals surface area contributed by atoms with E-state index in [1.165, 1.54) is 0 Å². The van der Waals surface area contributed by atoms with Crippen molar-refractivity contribution >= 4 is 23.4 Å². The molecule has 0 saturated carbocycles. The molecule has 1 heterocycles. The topological polar surface area (TPSA) is 32.8 Å². The number of hydrogen-bond acceptors (Lipinski definition) is 4. The quantitative estimate of drug-likeness (QED) is 0.684. The highest BCUT2D eigenvalue weighted by Gasteiger charge is 2.23. The van der Waals surface area contributed by atoms with Crippen molar-refractivity contribution in [2.45, 2.75) is 17.6 Å². The maximum absolute atomic E-state index is 12.7. The number of carbonyl (C=O) groups is 1. The standard InChI is InChI=1S/C20H22F2N2O2S/c1-2-26-18-6-4-3-5-17(18)23-11-13-24(14-12-23)19(25)15-7-9-16(10-8-15)27-20(21)22/h3-10,20H,2,11-14H2,1H3. The van der Waals surface area contributed by atoms with Crippen LogP contribution in [0.25, 0.3) is 0 Å². The Morgan fingerprint density at radius 3 is 2.37 bits per heavy atom. The fourth-order valence-corrected chi connectivity index (χ4v) is 3.61. The molecule has 0 N–H and O–H groups in total. The molecular weight excluding hydrogens is 370 g/mol. The van der Waals surface area contributed by atoms with Crippen molar-refractivity contribution in [1.29, 1.82) is 0 Å². The lowest BCUT2D eigenvalue weighted by Crippen LogP contribution is -2.48. The van der Waals surface area contributed by atoms with Crippen molar-refractivity contribution in [3.05, 3.63) is 54.1 Å². The summed E-state index contributed by atoms with van der Waals surface area (Å²) in [5.74, 6) is -1.67. The van der Waals surface area contributed by atoms with Gasteiger partial charge in [-0.15, -0.1) is 0 Å². The zero-order valence-corrected chi connectivity index (χ0v) is 15.9. The molecule has 1 amide bonds. The third kappa shape index (κ3) is 4.91. The van der Waals surface area contributed by atoms with E-state index in [2.05, 4.69) is 4.90 Å². The summed E-state index contributed by atoms with van der Waals surface area (Å²) in [6, 6.07) is 14.3. The third-order valence-corrected chi connectivity index (χ3v) is 5.12. The fraction of sp³-hybridized carbons (Fsp3) is 0.350. The van der Waals surface area contributed by atoms with Crippen LogP contribution in [0, 0.1) is 0 Å². The zero-order valence-electron chi connectivity index (χ0n) is 15.1. The Labute approximate surface area is 162 Å². The Bertz CT molecular complexity index is 763. The average molecular weight is 392 g/mol. The van der Waals surface area contributed by atoms with Crippen molar-refractivity contribution in [1.82, 2.24) is 4.90 Å². The first kappa shape index (κ1) is 19.5. The van der Waals surface area contributed by atoms with E-state index in [1.54, 1.807) is 29.2 Å². The molecule has 1 fully saturated rings. The maximum Gasteiger partial charge on any atom is 0.288 e. The van der Waals surface area contributed by atoms with Gasteiger partial charge in [-0.25, -0.2) is 0 Å². The van der Waals surface area contributed by atoms with Crippen LogP contribution in [0.1, 0.15) is 17.3 Å². The predicted octanol–water partition coefficient (Wildman–Crippen LogP) is 4.36. The van der Waals surface area contributed by atoms with Crippen LogP contribution in [0.3, 0.4) is 0 Å². The molecule has 0 atom stereocenters. The molecule has 27 heavy (non-hydrogen) atoms. The van der Waals surface area contributed by atoms with Crippen LogP contribution in [0.5, 0.6) is 5.75 Å². The van der Waals surface area contributed by atoms with Gasteiger partial charge in [0.1, 0.15) is 5.75 Å². The summed E-state index contributed by atoms with van der Waals surface area (Å²) in [5.41, 5.74) is 1.57. The van der Waals surface area contributed by atoms with Gasteiger partial charge in [-0.2, -0.15) is 8.78 Å². The van der Waals surface area contributed by atoms with Gasteiger partial charge in [0, 0.05) is 36.6 Å². The second-order valence-corrected chi connectivity index (χ2v) is 7.15. The number of amides is 1. The van der Waals surface area contributed by atoms with E-state index < -0.39 is 5.76 Å². The molecule has 0 unspecified atom stereocenters. The summed E-state index contributed by atoms with van der Waals surface area (Å²) in [6.45, 7) is 5.21. The van der Waals surface area contributed by atoms with Gasteiger partial charge in [-0.1, -0.05) is 23.9 Å². The molecule has 4 nitrogen and oxygen atoms in total. The van der Waals surface area contributed by atoms with Gasteiger partial charge in [0.2, 0.25) is 0 Å². The number of alkyl halides is 2. The molecule has 0 bridgehead atoms. The number of piperazine rings is 1. The lowest BCUT2D eigenvalue weighted by molar-refractivity contribution is 0.0746. The summed E-state index contributed by atoms with van der Waals surface area (Å²) in [4.78, 5) is 17.2. The van der Waals surface area contributed by atoms with Gasteiger partial charge < -0.3 is 14.5 Å². The van der Waals surface area contributed by atoms with Crippen LogP contribution in [0.2, 0.25) is 0 Å². The first-order chi connectivity index (χ1) is 13.1. The number of ether oxygens (including phenoxy) is 1. The Kier molecular flexibility index (Phi) is 6.55. The van der Waals surface area contributed by atoms with Crippen molar-refractivity contribution in [2.75, 3.05) is 37.7 Å².